The van der Waals surface area contributed by atoms with E-state index in [1.54, 1.807) is 37.3 Å². The smallest absolute Gasteiger partial charge is 0.264 e. The second kappa shape index (κ2) is 10.4. The van der Waals surface area contributed by atoms with Crippen LogP contribution in [0.5, 0.6) is 0 Å². The van der Waals surface area contributed by atoms with E-state index in [0.29, 0.717) is 11.3 Å². The van der Waals surface area contributed by atoms with Gasteiger partial charge in [0.2, 0.25) is 5.95 Å². The van der Waals surface area contributed by atoms with Gasteiger partial charge in [-0.1, -0.05) is 23.8 Å². The van der Waals surface area contributed by atoms with E-state index in [9.17, 15) is 21.6 Å². The summed E-state index contributed by atoms with van der Waals surface area (Å²) >= 11 is 0. The van der Waals surface area contributed by atoms with Crippen LogP contribution in [0.25, 0.3) is 0 Å². The van der Waals surface area contributed by atoms with Gasteiger partial charge in [0.1, 0.15) is 0 Å². The van der Waals surface area contributed by atoms with Crippen molar-refractivity contribution in [3.63, 3.8) is 0 Å². The number of carbonyl (C=O) groups excluding carboxylic acids is 1. The molecule has 0 fully saturated rings. The van der Waals surface area contributed by atoms with E-state index in [4.69, 9.17) is 0 Å². The average Bonchev–Trinajstić information content (AvgIpc) is 2.86. The van der Waals surface area contributed by atoms with Crippen LogP contribution in [0, 0.1) is 13.8 Å². The lowest BCUT2D eigenvalue weighted by atomic mass is 10.1. The van der Waals surface area contributed by atoms with Crippen molar-refractivity contribution in [2.24, 2.45) is 0 Å². The number of hydrogen-bond donors (Lipinski definition) is 3. The van der Waals surface area contributed by atoms with E-state index < -0.39 is 26.0 Å². The highest BCUT2D eigenvalue weighted by atomic mass is 32.2. The molecule has 12 heteroatoms. The van der Waals surface area contributed by atoms with Crippen LogP contribution >= 0.6 is 0 Å². The molecular formula is C25H23N5O5S2. The second-order valence-electron chi connectivity index (χ2n) is 8.10. The van der Waals surface area contributed by atoms with Crippen LogP contribution in [0.4, 0.5) is 17.3 Å². The molecule has 4 rings (SSSR count). The Morgan fingerprint density at radius 3 is 1.92 bits per heavy atom. The zero-order valence-corrected chi connectivity index (χ0v) is 21.5. The molecule has 0 bridgehead atoms. The van der Waals surface area contributed by atoms with E-state index in [2.05, 4.69) is 24.7 Å². The van der Waals surface area contributed by atoms with Gasteiger partial charge in [0.05, 0.1) is 15.5 Å². The summed E-state index contributed by atoms with van der Waals surface area (Å²) in [6.07, 6.45) is 2.82. The molecule has 0 atom stereocenters. The summed E-state index contributed by atoms with van der Waals surface area (Å²) in [6, 6.07) is 18.2. The van der Waals surface area contributed by atoms with E-state index >= 15 is 0 Å². The predicted molar refractivity (Wildman–Crippen MR) is 140 cm³/mol. The Hall–Kier alpha value is -4.29. The van der Waals surface area contributed by atoms with Crippen molar-refractivity contribution >= 4 is 43.3 Å². The van der Waals surface area contributed by atoms with E-state index in [1.807, 2.05) is 6.92 Å². The highest BCUT2D eigenvalue weighted by Gasteiger charge is 2.18. The van der Waals surface area contributed by atoms with E-state index in [-0.39, 0.29) is 27.0 Å². The molecule has 37 heavy (non-hydrogen) atoms. The molecule has 0 saturated carbocycles. The molecule has 10 nitrogen and oxygen atoms in total. The predicted octanol–water partition coefficient (Wildman–Crippen LogP) is 3.95. The monoisotopic (exact) mass is 537 g/mol. The lowest BCUT2D eigenvalue weighted by Gasteiger charge is -2.13. The molecule has 0 aliphatic heterocycles. The number of benzene rings is 3. The molecule has 1 heterocycles. The first kappa shape index (κ1) is 25.8. The Balaban J connectivity index is 1.48. The van der Waals surface area contributed by atoms with Gasteiger partial charge >= 0.3 is 0 Å². The first-order chi connectivity index (χ1) is 17.5. The maximum Gasteiger partial charge on any atom is 0.264 e. The highest BCUT2D eigenvalue weighted by molar-refractivity contribution is 7.93. The molecule has 0 aliphatic rings. The maximum absolute atomic E-state index is 12.8. The first-order valence-corrected chi connectivity index (χ1v) is 13.9. The van der Waals surface area contributed by atoms with Gasteiger partial charge in [-0.05, 0) is 74.0 Å². The van der Waals surface area contributed by atoms with Crippen LogP contribution in [0.15, 0.2) is 95.0 Å². The van der Waals surface area contributed by atoms with Gasteiger partial charge < -0.3 is 5.32 Å². The fourth-order valence-corrected chi connectivity index (χ4v) is 5.33. The van der Waals surface area contributed by atoms with Gasteiger partial charge in [0, 0.05) is 23.6 Å². The van der Waals surface area contributed by atoms with Crippen molar-refractivity contribution < 1.29 is 21.6 Å². The third-order valence-corrected chi connectivity index (χ3v) is 8.01. The van der Waals surface area contributed by atoms with Crippen molar-refractivity contribution in [2.75, 3.05) is 14.8 Å². The van der Waals surface area contributed by atoms with Crippen LogP contribution in [0.3, 0.4) is 0 Å². The number of nitrogens with zero attached hydrogens (tertiary/aromatic N) is 2. The first-order valence-electron chi connectivity index (χ1n) is 10.9. The molecular weight excluding hydrogens is 514 g/mol. The van der Waals surface area contributed by atoms with Gasteiger partial charge in [0.15, 0.2) is 0 Å². The molecule has 190 valence electrons. The molecule has 1 amide bonds. The van der Waals surface area contributed by atoms with Crippen molar-refractivity contribution in [1.29, 1.82) is 0 Å². The van der Waals surface area contributed by atoms with Crippen LogP contribution in [0.1, 0.15) is 21.5 Å². The largest absolute Gasteiger partial charge is 0.322 e. The Morgan fingerprint density at radius 2 is 1.30 bits per heavy atom. The molecule has 0 radical (unpaired) electrons. The summed E-state index contributed by atoms with van der Waals surface area (Å²) in [5, 5.41) is 2.68. The molecule has 3 N–H and O–H groups in total. The fraction of sp³-hybridized carbons (Fsp3) is 0.0800. The van der Waals surface area contributed by atoms with Crippen molar-refractivity contribution in [3.8, 4) is 0 Å². The Bertz CT molecular complexity index is 1640. The Kier molecular flexibility index (Phi) is 7.23. The number of nitrogens with one attached hydrogen (secondary N) is 3. The van der Waals surface area contributed by atoms with Gasteiger partial charge in [-0.25, -0.2) is 31.5 Å². The third-order valence-electron chi connectivity index (χ3n) is 5.29. The fourth-order valence-electron chi connectivity index (χ4n) is 3.25. The van der Waals surface area contributed by atoms with Crippen molar-refractivity contribution in [1.82, 2.24) is 9.97 Å². The summed E-state index contributed by atoms with van der Waals surface area (Å²) in [6.45, 7) is 3.58. The number of aromatic nitrogens is 2. The second-order valence-corrected chi connectivity index (χ2v) is 11.5. The molecule has 1 aromatic heterocycles. The minimum absolute atomic E-state index is 0.0407. The van der Waals surface area contributed by atoms with E-state index in [0.717, 1.165) is 5.56 Å². The minimum Gasteiger partial charge on any atom is -0.322 e. The highest BCUT2D eigenvalue weighted by Crippen LogP contribution is 2.23. The Morgan fingerprint density at radius 1 is 0.730 bits per heavy atom. The number of hydrogen-bond acceptors (Lipinski definition) is 7. The summed E-state index contributed by atoms with van der Waals surface area (Å²) in [5.74, 6) is -0.560. The lowest BCUT2D eigenvalue weighted by molar-refractivity contribution is 0.102. The molecule has 0 unspecified atom stereocenters. The van der Waals surface area contributed by atoms with Crippen molar-refractivity contribution in [2.45, 2.75) is 23.6 Å². The minimum atomic E-state index is -3.92. The van der Waals surface area contributed by atoms with Crippen LogP contribution in [-0.4, -0.2) is 32.7 Å². The van der Waals surface area contributed by atoms with Crippen LogP contribution in [0.2, 0.25) is 0 Å². The summed E-state index contributed by atoms with van der Waals surface area (Å²) in [7, 11) is -7.77. The van der Waals surface area contributed by atoms with E-state index in [1.165, 1.54) is 54.9 Å². The van der Waals surface area contributed by atoms with Crippen LogP contribution < -0.4 is 14.8 Å². The number of aryl methyl sites for hydroxylation is 2. The quantitative estimate of drug-likeness (QED) is 0.308. The Labute approximate surface area is 214 Å². The number of amides is 1. The summed E-state index contributed by atoms with van der Waals surface area (Å²) in [4.78, 5) is 20.6. The van der Waals surface area contributed by atoms with Gasteiger partial charge in [-0.2, -0.15) is 0 Å². The normalized spacial score (nSPS) is 11.5. The zero-order chi connectivity index (χ0) is 26.6. The molecule has 0 spiro atoms. The maximum atomic E-state index is 12.8. The zero-order valence-electron chi connectivity index (χ0n) is 19.8. The molecule has 0 aliphatic carbocycles. The lowest BCUT2D eigenvalue weighted by Crippen LogP contribution is -2.16. The summed E-state index contributed by atoms with van der Waals surface area (Å²) < 4.78 is 55.4. The standard InChI is InChI=1S/C25H23N5O5S2/c1-17-4-10-21(11-5-17)36(32,33)29-23-16-19(7-6-18(23)2)24(31)28-20-8-12-22(13-9-20)37(34,35)30-25-26-14-3-15-27-25/h3-16,29H,1-2H3,(H,28,31)(H,26,27,30). The summed E-state index contributed by atoms with van der Waals surface area (Å²) in [5.41, 5.74) is 2.40. The van der Waals surface area contributed by atoms with Crippen LogP contribution in [-0.2, 0) is 20.0 Å². The van der Waals surface area contributed by atoms with Gasteiger partial charge in [0.25, 0.3) is 26.0 Å². The molecule has 4 aromatic rings. The molecule has 0 saturated heterocycles. The van der Waals surface area contributed by atoms with Gasteiger partial charge in [-0.3, -0.25) is 9.52 Å². The number of anilines is 3. The topological polar surface area (TPSA) is 147 Å². The molecule has 3 aromatic carbocycles. The number of rotatable bonds is 8. The van der Waals surface area contributed by atoms with Gasteiger partial charge in [-0.15, -0.1) is 0 Å². The third kappa shape index (κ3) is 6.29. The number of sulfonamides is 2. The van der Waals surface area contributed by atoms with Crippen molar-refractivity contribution in [3.05, 3.63) is 102 Å². The SMILES string of the molecule is Cc1ccc(S(=O)(=O)Nc2cc(C(=O)Nc3ccc(S(=O)(=O)Nc4ncccn4)cc3)ccc2C)cc1. The average molecular weight is 538 g/mol. The number of carbonyl (C=O) groups is 1.